The molecule has 2 aliphatic rings. The van der Waals surface area contributed by atoms with Crippen molar-refractivity contribution in [1.82, 2.24) is 4.90 Å². The molecule has 1 heterocycles. The Bertz CT molecular complexity index is 447. The first kappa shape index (κ1) is 13.1. The van der Waals surface area contributed by atoms with Crippen LogP contribution in [-0.2, 0) is 12.0 Å². The van der Waals surface area contributed by atoms with Crippen LogP contribution >= 0.6 is 0 Å². The maximum Gasteiger partial charge on any atom is 0.0928 e. The summed E-state index contributed by atoms with van der Waals surface area (Å²) in [7, 11) is 0. The maximum absolute atomic E-state index is 10.3. The van der Waals surface area contributed by atoms with E-state index in [1.54, 1.807) is 0 Å². The van der Waals surface area contributed by atoms with Gasteiger partial charge in [0.15, 0.2) is 0 Å². The predicted molar refractivity (Wildman–Crippen MR) is 78.1 cm³/mol. The molecule has 1 saturated heterocycles. The van der Waals surface area contributed by atoms with Gasteiger partial charge in [-0.2, -0.15) is 0 Å². The first-order valence-electron chi connectivity index (χ1n) is 7.41. The van der Waals surface area contributed by atoms with Crippen LogP contribution < -0.4 is 0 Å². The topological polar surface area (TPSA) is 23.5 Å². The summed E-state index contributed by atoms with van der Waals surface area (Å²) < 4.78 is 0. The molecule has 0 unspecified atom stereocenters. The Labute approximate surface area is 116 Å². The third-order valence-corrected chi connectivity index (χ3v) is 4.56. The third kappa shape index (κ3) is 2.70. The normalized spacial score (nSPS) is 23.2. The minimum Gasteiger partial charge on any atom is -0.387 e. The number of benzene rings is 1. The summed E-state index contributed by atoms with van der Waals surface area (Å²) in [6.45, 7) is 9.42. The van der Waals surface area contributed by atoms with E-state index < -0.39 is 0 Å². The highest BCUT2D eigenvalue weighted by molar-refractivity contribution is 5.27. The fourth-order valence-electron chi connectivity index (χ4n) is 3.09. The zero-order chi connectivity index (χ0) is 13.7. The molecule has 0 atom stereocenters. The number of nitrogens with zero attached hydrogens (tertiary/aromatic N) is 1. The quantitative estimate of drug-likeness (QED) is 0.902. The van der Waals surface area contributed by atoms with Crippen LogP contribution in [0.15, 0.2) is 24.3 Å². The summed E-state index contributed by atoms with van der Waals surface area (Å²) in [6, 6.07) is 8.94. The van der Waals surface area contributed by atoms with Gasteiger partial charge in [0.1, 0.15) is 0 Å². The summed E-state index contributed by atoms with van der Waals surface area (Å²) in [5.41, 5.74) is 2.60. The van der Waals surface area contributed by atoms with Crippen LogP contribution in [0.25, 0.3) is 0 Å². The number of likely N-dealkylation sites (tertiary alicyclic amines) is 1. The number of aliphatic hydroxyl groups is 1. The molecule has 3 rings (SSSR count). The molecule has 104 valence electrons. The zero-order valence-corrected chi connectivity index (χ0v) is 12.3. The van der Waals surface area contributed by atoms with Gasteiger partial charge in [-0.25, -0.2) is 0 Å². The second-order valence-electron chi connectivity index (χ2n) is 7.47. The van der Waals surface area contributed by atoms with E-state index in [0.29, 0.717) is 5.92 Å². The Morgan fingerprint density at radius 3 is 2.21 bits per heavy atom. The predicted octanol–water partition coefficient (Wildman–Crippen LogP) is 2.94. The molecule has 1 aliphatic heterocycles. The average molecular weight is 259 g/mol. The second kappa shape index (κ2) is 4.32. The molecule has 1 N–H and O–H groups in total. The molecule has 1 aromatic rings. The monoisotopic (exact) mass is 259 g/mol. The number of hydrogen-bond acceptors (Lipinski definition) is 2. The Kier molecular flexibility index (Phi) is 2.99. The van der Waals surface area contributed by atoms with Crippen molar-refractivity contribution in [1.29, 1.82) is 0 Å². The lowest BCUT2D eigenvalue weighted by atomic mass is 9.86. The van der Waals surface area contributed by atoms with E-state index in [0.717, 1.165) is 19.6 Å². The highest BCUT2D eigenvalue weighted by Gasteiger charge is 2.51. The first-order chi connectivity index (χ1) is 8.87. The third-order valence-electron chi connectivity index (χ3n) is 4.56. The van der Waals surface area contributed by atoms with Crippen LogP contribution in [0.2, 0.25) is 0 Å². The Morgan fingerprint density at radius 2 is 1.74 bits per heavy atom. The van der Waals surface area contributed by atoms with Crippen molar-refractivity contribution < 1.29 is 5.11 Å². The molecule has 2 fully saturated rings. The van der Waals surface area contributed by atoms with E-state index in [4.69, 9.17) is 0 Å². The lowest BCUT2D eigenvalue weighted by Gasteiger charge is -2.47. The Balaban J connectivity index is 1.57. The van der Waals surface area contributed by atoms with Gasteiger partial charge in [0.05, 0.1) is 5.60 Å². The molecule has 0 bridgehead atoms. The number of β-amino-alcohol motifs (C(OH)–C–C–N with tert-alkyl or cyclic N) is 1. The molecule has 2 heteroatoms. The summed E-state index contributed by atoms with van der Waals surface area (Å²) in [6.07, 6.45) is 2.45. The SMILES string of the molecule is CC(C)(C)c1ccc(CN2CC(O)(C3CC3)C2)cc1. The van der Waals surface area contributed by atoms with Crippen LogP contribution in [0.5, 0.6) is 0 Å². The number of hydrogen-bond donors (Lipinski definition) is 1. The van der Waals surface area contributed by atoms with Gasteiger partial charge in [-0.1, -0.05) is 45.0 Å². The molecule has 0 aromatic heterocycles. The van der Waals surface area contributed by atoms with Gasteiger partial charge in [0.25, 0.3) is 0 Å². The van der Waals surface area contributed by atoms with Crippen molar-refractivity contribution in [3.8, 4) is 0 Å². The molecule has 1 aliphatic carbocycles. The van der Waals surface area contributed by atoms with Crippen molar-refractivity contribution >= 4 is 0 Å². The molecule has 0 amide bonds. The van der Waals surface area contributed by atoms with Gasteiger partial charge < -0.3 is 5.11 Å². The van der Waals surface area contributed by atoms with Gasteiger partial charge in [-0.05, 0) is 35.3 Å². The fraction of sp³-hybridized carbons (Fsp3) is 0.647. The lowest BCUT2D eigenvalue weighted by molar-refractivity contribution is -0.116. The van der Waals surface area contributed by atoms with Crippen molar-refractivity contribution in [2.24, 2.45) is 5.92 Å². The van der Waals surface area contributed by atoms with Gasteiger partial charge in [-0.15, -0.1) is 0 Å². The van der Waals surface area contributed by atoms with Gasteiger partial charge in [0.2, 0.25) is 0 Å². The van der Waals surface area contributed by atoms with E-state index >= 15 is 0 Å². The van der Waals surface area contributed by atoms with Crippen LogP contribution in [0, 0.1) is 5.92 Å². The second-order valence-corrected chi connectivity index (χ2v) is 7.47. The van der Waals surface area contributed by atoms with E-state index in [9.17, 15) is 5.11 Å². The van der Waals surface area contributed by atoms with Gasteiger partial charge in [0, 0.05) is 19.6 Å². The maximum atomic E-state index is 10.3. The minimum absolute atomic E-state index is 0.224. The Hall–Kier alpha value is -0.860. The highest BCUT2D eigenvalue weighted by atomic mass is 16.3. The van der Waals surface area contributed by atoms with Crippen LogP contribution in [-0.4, -0.2) is 28.7 Å². The molecule has 0 radical (unpaired) electrons. The van der Waals surface area contributed by atoms with Gasteiger partial charge in [-0.3, -0.25) is 4.90 Å². The largest absolute Gasteiger partial charge is 0.387 e. The summed E-state index contributed by atoms with van der Waals surface area (Å²) >= 11 is 0. The van der Waals surface area contributed by atoms with Crippen molar-refractivity contribution in [3.05, 3.63) is 35.4 Å². The zero-order valence-electron chi connectivity index (χ0n) is 12.3. The molecule has 1 saturated carbocycles. The molecular formula is C17H25NO. The summed E-state index contributed by atoms with van der Waals surface area (Å²) in [5.74, 6) is 0.590. The lowest BCUT2D eigenvalue weighted by Crippen LogP contribution is -2.62. The van der Waals surface area contributed by atoms with Crippen LogP contribution in [0.3, 0.4) is 0 Å². The molecule has 19 heavy (non-hydrogen) atoms. The van der Waals surface area contributed by atoms with Crippen LogP contribution in [0.1, 0.15) is 44.7 Å². The average Bonchev–Trinajstić information content (AvgIpc) is 3.10. The minimum atomic E-state index is -0.356. The smallest absolute Gasteiger partial charge is 0.0928 e. The van der Waals surface area contributed by atoms with E-state index in [2.05, 4.69) is 49.9 Å². The molecule has 2 nitrogen and oxygen atoms in total. The van der Waals surface area contributed by atoms with E-state index in [1.807, 2.05) is 0 Å². The van der Waals surface area contributed by atoms with E-state index in [-0.39, 0.29) is 11.0 Å². The van der Waals surface area contributed by atoms with Crippen molar-refractivity contribution in [3.63, 3.8) is 0 Å². The number of rotatable bonds is 3. The van der Waals surface area contributed by atoms with Crippen molar-refractivity contribution in [2.45, 2.75) is 51.2 Å². The standard InChI is InChI=1S/C17H25NO/c1-16(2,3)14-6-4-13(5-7-14)10-18-11-17(19,12-18)15-8-9-15/h4-7,15,19H,8-12H2,1-3H3. The van der Waals surface area contributed by atoms with Crippen LogP contribution in [0.4, 0.5) is 0 Å². The fourth-order valence-corrected chi connectivity index (χ4v) is 3.09. The summed E-state index contributed by atoms with van der Waals surface area (Å²) in [5, 5.41) is 10.3. The molecule has 1 aromatic carbocycles. The van der Waals surface area contributed by atoms with Crippen molar-refractivity contribution in [2.75, 3.05) is 13.1 Å². The van der Waals surface area contributed by atoms with Gasteiger partial charge >= 0.3 is 0 Å². The molecular weight excluding hydrogens is 234 g/mol. The highest BCUT2D eigenvalue weighted by Crippen LogP contribution is 2.44. The molecule has 0 spiro atoms. The van der Waals surface area contributed by atoms with E-state index in [1.165, 1.54) is 24.0 Å². The summed E-state index contributed by atoms with van der Waals surface area (Å²) in [4.78, 5) is 2.35. The first-order valence-corrected chi connectivity index (χ1v) is 7.41. The Morgan fingerprint density at radius 1 is 1.16 bits per heavy atom.